The lowest BCUT2D eigenvalue weighted by atomic mass is 10.0. The Hall–Kier alpha value is -4.09. The fourth-order valence-electron chi connectivity index (χ4n) is 3.39. The zero-order chi connectivity index (χ0) is 23.2. The van der Waals surface area contributed by atoms with Gasteiger partial charge in [-0.2, -0.15) is 13.2 Å². The first-order chi connectivity index (χ1) is 15.1. The third-order valence-electron chi connectivity index (χ3n) is 4.99. The molecule has 0 spiro atoms. The van der Waals surface area contributed by atoms with Crippen molar-refractivity contribution in [3.63, 3.8) is 0 Å². The van der Waals surface area contributed by atoms with Crippen LogP contribution in [-0.4, -0.2) is 31.5 Å². The first kappa shape index (κ1) is 21.2. The van der Waals surface area contributed by atoms with E-state index in [1.54, 1.807) is 17.4 Å². The summed E-state index contributed by atoms with van der Waals surface area (Å²) in [7, 11) is 1.40. The Balaban J connectivity index is 1.83. The smallest absolute Gasteiger partial charge is 0.416 e. The normalized spacial score (nSPS) is 12.8. The largest absolute Gasteiger partial charge is 0.504 e. The summed E-state index contributed by atoms with van der Waals surface area (Å²) >= 11 is 0. The minimum absolute atomic E-state index is 0.0487. The Kier molecular flexibility index (Phi) is 4.99. The first-order valence-corrected chi connectivity index (χ1v) is 9.24. The van der Waals surface area contributed by atoms with Crippen LogP contribution in [0.2, 0.25) is 0 Å². The first-order valence-electron chi connectivity index (χ1n) is 9.24. The molecule has 0 fully saturated rings. The molecule has 0 saturated heterocycles. The molecule has 1 unspecified atom stereocenters. The summed E-state index contributed by atoms with van der Waals surface area (Å²) in [6, 6.07) is 4.61. The van der Waals surface area contributed by atoms with Crippen molar-refractivity contribution in [2.45, 2.75) is 19.1 Å². The van der Waals surface area contributed by atoms with Crippen LogP contribution in [-0.2, 0) is 6.18 Å². The Morgan fingerprint density at radius 1 is 1.25 bits per heavy atom. The molecule has 0 radical (unpaired) electrons. The van der Waals surface area contributed by atoms with E-state index in [4.69, 9.17) is 4.74 Å². The number of hydrogen-bond donors (Lipinski definition) is 2. The van der Waals surface area contributed by atoms with Crippen molar-refractivity contribution in [3.05, 3.63) is 64.1 Å². The lowest BCUT2D eigenvalue weighted by Crippen LogP contribution is -2.12. The Bertz CT molecular complexity index is 1350. The fourth-order valence-corrected chi connectivity index (χ4v) is 3.39. The van der Waals surface area contributed by atoms with Crippen LogP contribution in [0.4, 0.5) is 24.7 Å². The molecule has 0 amide bonds. The SMILES string of the molecule is COc1cc2c(cc1O)c(NC(C)c1cc([N+](=O)[O-])cc(C(F)(F)F)c1)nc1cncn12. The summed E-state index contributed by atoms with van der Waals surface area (Å²) < 4.78 is 46.6. The molecular weight excluding hydrogens is 431 g/mol. The summed E-state index contributed by atoms with van der Waals surface area (Å²) in [5, 5.41) is 24.8. The molecule has 4 aromatic rings. The number of nitrogens with zero attached hydrogens (tertiary/aromatic N) is 4. The van der Waals surface area contributed by atoms with Crippen LogP contribution in [0.5, 0.6) is 11.5 Å². The molecule has 2 aromatic carbocycles. The summed E-state index contributed by atoms with van der Waals surface area (Å²) in [4.78, 5) is 18.8. The van der Waals surface area contributed by atoms with Gasteiger partial charge in [0.15, 0.2) is 17.1 Å². The molecule has 2 heterocycles. The average molecular weight is 447 g/mol. The lowest BCUT2D eigenvalue weighted by molar-refractivity contribution is -0.385. The van der Waals surface area contributed by atoms with Gasteiger partial charge in [-0.15, -0.1) is 0 Å². The molecule has 9 nitrogen and oxygen atoms in total. The minimum Gasteiger partial charge on any atom is -0.504 e. The van der Waals surface area contributed by atoms with Crippen molar-refractivity contribution in [1.82, 2.24) is 14.4 Å². The van der Waals surface area contributed by atoms with Crippen molar-refractivity contribution in [2.24, 2.45) is 0 Å². The van der Waals surface area contributed by atoms with E-state index in [1.165, 1.54) is 25.7 Å². The molecule has 0 saturated carbocycles. The third-order valence-corrected chi connectivity index (χ3v) is 4.99. The monoisotopic (exact) mass is 447 g/mol. The second-order valence-electron chi connectivity index (χ2n) is 7.06. The Labute approximate surface area is 178 Å². The van der Waals surface area contributed by atoms with Crippen molar-refractivity contribution >= 4 is 28.1 Å². The standard InChI is InChI=1S/C20H16F3N5O4/c1-10(11-3-12(20(21,22)23)5-13(4-11)28(30)31)25-19-14-6-16(29)17(32-2)7-15(14)27-9-24-8-18(27)26-19/h3-10,29H,1-2H3,(H,25,26). The van der Waals surface area contributed by atoms with E-state index in [0.29, 0.717) is 22.6 Å². The van der Waals surface area contributed by atoms with Gasteiger partial charge in [-0.1, -0.05) is 0 Å². The number of phenolic OH excluding ortho intramolecular Hbond substituents is 1. The number of aromatic hydroxyl groups is 1. The highest BCUT2D eigenvalue weighted by molar-refractivity contribution is 5.94. The average Bonchev–Trinajstić information content (AvgIpc) is 3.21. The molecule has 2 N–H and O–H groups in total. The van der Waals surface area contributed by atoms with E-state index in [-0.39, 0.29) is 22.9 Å². The van der Waals surface area contributed by atoms with Crippen molar-refractivity contribution in [3.8, 4) is 11.5 Å². The van der Waals surface area contributed by atoms with Gasteiger partial charge in [0.05, 0.1) is 35.4 Å². The molecule has 1 atom stereocenters. The number of rotatable bonds is 5. The maximum atomic E-state index is 13.3. The number of imidazole rings is 1. The molecule has 4 rings (SSSR count). The number of non-ortho nitro benzene ring substituents is 1. The molecule has 0 aliphatic carbocycles. The molecular formula is C20H16F3N5O4. The number of nitrogens with one attached hydrogen (secondary N) is 1. The van der Waals surface area contributed by atoms with Crippen LogP contribution in [0, 0.1) is 10.1 Å². The summed E-state index contributed by atoms with van der Waals surface area (Å²) in [6.07, 6.45) is -1.74. The van der Waals surface area contributed by atoms with Crippen LogP contribution in [0.25, 0.3) is 16.6 Å². The van der Waals surface area contributed by atoms with Gasteiger partial charge in [-0.3, -0.25) is 14.5 Å². The number of nitro benzene ring substituents is 1. The molecule has 0 aliphatic rings. The van der Waals surface area contributed by atoms with Crippen molar-refractivity contribution < 1.29 is 27.9 Å². The van der Waals surface area contributed by atoms with Crippen LogP contribution < -0.4 is 10.1 Å². The van der Waals surface area contributed by atoms with Gasteiger partial charge in [0.2, 0.25) is 0 Å². The van der Waals surface area contributed by atoms with Gasteiger partial charge in [-0.05, 0) is 24.6 Å². The Morgan fingerprint density at radius 2 is 2.00 bits per heavy atom. The number of alkyl halides is 3. The predicted octanol–water partition coefficient (Wildman–Crippen LogP) is 4.70. The van der Waals surface area contributed by atoms with E-state index in [1.807, 2.05) is 0 Å². The van der Waals surface area contributed by atoms with Crippen LogP contribution >= 0.6 is 0 Å². The maximum Gasteiger partial charge on any atom is 0.416 e. The number of benzene rings is 2. The number of fused-ring (bicyclic) bond motifs is 3. The van der Waals surface area contributed by atoms with Gasteiger partial charge in [0.25, 0.3) is 5.69 Å². The molecule has 166 valence electrons. The molecule has 2 aromatic heterocycles. The maximum absolute atomic E-state index is 13.3. The highest BCUT2D eigenvalue weighted by Gasteiger charge is 2.33. The van der Waals surface area contributed by atoms with Crippen molar-refractivity contribution in [2.75, 3.05) is 12.4 Å². The van der Waals surface area contributed by atoms with E-state index in [0.717, 1.165) is 12.1 Å². The second kappa shape index (κ2) is 7.55. The number of hydrogen-bond acceptors (Lipinski definition) is 7. The van der Waals surface area contributed by atoms with E-state index in [9.17, 15) is 28.4 Å². The summed E-state index contributed by atoms with van der Waals surface area (Å²) in [5.41, 5.74) is -0.730. The quantitative estimate of drug-likeness (QED) is 0.337. The molecule has 0 bridgehead atoms. The van der Waals surface area contributed by atoms with Crippen LogP contribution in [0.15, 0.2) is 42.9 Å². The number of anilines is 1. The fraction of sp³-hybridized carbons (Fsp3) is 0.200. The van der Waals surface area contributed by atoms with Crippen molar-refractivity contribution in [1.29, 1.82) is 0 Å². The van der Waals surface area contributed by atoms with Gasteiger partial charge in [0.1, 0.15) is 12.1 Å². The highest BCUT2D eigenvalue weighted by atomic mass is 19.4. The number of methoxy groups -OCH3 is 1. The predicted molar refractivity (Wildman–Crippen MR) is 109 cm³/mol. The zero-order valence-electron chi connectivity index (χ0n) is 16.7. The minimum atomic E-state index is -4.75. The Morgan fingerprint density at radius 3 is 2.66 bits per heavy atom. The highest BCUT2D eigenvalue weighted by Crippen LogP contribution is 2.37. The zero-order valence-corrected chi connectivity index (χ0v) is 16.7. The number of nitro groups is 1. The number of ether oxygens (including phenoxy) is 1. The third kappa shape index (κ3) is 3.70. The molecule has 0 aliphatic heterocycles. The van der Waals surface area contributed by atoms with Crippen LogP contribution in [0.3, 0.4) is 0 Å². The van der Waals surface area contributed by atoms with Gasteiger partial charge < -0.3 is 15.2 Å². The van der Waals surface area contributed by atoms with Crippen LogP contribution in [0.1, 0.15) is 24.1 Å². The number of aromatic nitrogens is 3. The summed E-state index contributed by atoms with van der Waals surface area (Å²) in [6.45, 7) is 1.55. The summed E-state index contributed by atoms with van der Waals surface area (Å²) in [5.74, 6) is 0.302. The number of phenols is 1. The van der Waals surface area contributed by atoms with E-state index in [2.05, 4.69) is 15.3 Å². The lowest BCUT2D eigenvalue weighted by Gasteiger charge is -2.19. The molecule has 12 heteroatoms. The van der Waals surface area contributed by atoms with Gasteiger partial charge in [-0.25, -0.2) is 9.97 Å². The second-order valence-corrected chi connectivity index (χ2v) is 7.06. The van der Waals surface area contributed by atoms with Gasteiger partial charge in [0, 0.05) is 23.6 Å². The van der Waals surface area contributed by atoms with Gasteiger partial charge >= 0.3 is 6.18 Å². The topological polar surface area (TPSA) is 115 Å². The van der Waals surface area contributed by atoms with E-state index < -0.39 is 28.4 Å². The number of halogens is 3. The van der Waals surface area contributed by atoms with E-state index >= 15 is 0 Å². The molecule has 32 heavy (non-hydrogen) atoms.